The van der Waals surface area contributed by atoms with Crippen LogP contribution in [0.5, 0.6) is 0 Å². The summed E-state index contributed by atoms with van der Waals surface area (Å²) < 4.78 is 33.8. The number of anilines is 1. The number of ketones is 1. The van der Waals surface area contributed by atoms with Crippen molar-refractivity contribution in [2.75, 3.05) is 4.72 Å². The van der Waals surface area contributed by atoms with Crippen LogP contribution in [0.3, 0.4) is 0 Å². The number of Topliss-reactive ketones (excluding diaryl/α,β-unsaturated/α-hetero) is 1. The topological polar surface area (TPSA) is 120 Å². The summed E-state index contributed by atoms with van der Waals surface area (Å²) in [5.41, 5.74) is 1.16. The van der Waals surface area contributed by atoms with Gasteiger partial charge in [0.05, 0.1) is 15.4 Å². The van der Waals surface area contributed by atoms with Crippen molar-refractivity contribution in [1.29, 1.82) is 0 Å². The lowest BCUT2D eigenvalue weighted by Gasteiger charge is -2.27. The van der Waals surface area contributed by atoms with E-state index in [4.69, 9.17) is 4.42 Å². The molecule has 0 saturated heterocycles. The van der Waals surface area contributed by atoms with E-state index in [2.05, 4.69) is 4.72 Å². The van der Waals surface area contributed by atoms with Gasteiger partial charge in [0.15, 0.2) is 5.78 Å². The summed E-state index contributed by atoms with van der Waals surface area (Å²) in [4.78, 5) is 23.0. The maximum atomic E-state index is 12.8. The van der Waals surface area contributed by atoms with Crippen LogP contribution in [0.15, 0.2) is 45.7 Å². The van der Waals surface area contributed by atoms with Crippen LogP contribution >= 0.6 is 0 Å². The number of fused-ring (bicyclic) bond motifs is 3. The Balaban J connectivity index is 1.73. The van der Waals surface area contributed by atoms with Crippen molar-refractivity contribution < 1.29 is 22.6 Å². The summed E-state index contributed by atoms with van der Waals surface area (Å²) in [6.07, 6.45) is 1.01. The lowest BCUT2D eigenvalue weighted by atomic mass is 9.76. The van der Waals surface area contributed by atoms with Gasteiger partial charge in [-0.2, -0.15) is 0 Å². The molecule has 9 heteroatoms. The second-order valence-electron chi connectivity index (χ2n) is 8.36. The van der Waals surface area contributed by atoms with E-state index in [0.29, 0.717) is 40.7 Å². The normalized spacial score (nSPS) is 15.8. The Morgan fingerprint density at radius 1 is 1.13 bits per heavy atom. The van der Waals surface area contributed by atoms with Crippen molar-refractivity contribution in [3.05, 3.63) is 63.4 Å². The van der Waals surface area contributed by atoms with E-state index in [1.165, 1.54) is 25.1 Å². The minimum absolute atomic E-state index is 0.0332. The summed E-state index contributed by atoms with van der Waals surface area (Å²) >= 11 is 0. The standard InChI is InChI=1S/C21H20N2O6S/c1-12-4-6-14(9-16(12)23(25)26)30(27,28)22-13-5-7-18-15(8-13)20-17(24)10-21(2,3)11-19(20)29-18/h4-9,22H,10-11H2,1-3H3. The van der Waals surface area contributed by atoms with Crippen molar-refractivity contribution in [3.8, 4) is 0 Å². The van der Waals surface area contributed by atoms with Crippen LogP contribution in [0, 0.1) is 22.5 Å². The SMILES string of the molecule is Cc1ccc(S(=O)(=O)Nc2ccc3oc4c(c3c2)C(=O)CC(C)(C)C4)cc1[N+](=O)[O-]. The van der Waals surface area contributed by atoms with Gasteiger partial charge in [-0.1, -0.05) is 19.9 Å². The number of hydrogen-bond donors (Lipinski definition) is 1. The van der Waals surface area contributed by atoms with Gasteiger partial charge in [-0.15, -0.1) is 0 Å². The molecule has 0 saturated carbocycles. The van der Waals surface area contributed by atoms with Gasteiger partial charge >= 0.3 is 0 Å². The monoisotopic (exact) mass is 428 g/mol. The van der Waals surface area contributed by atoms with Crippen LogP contribution in [-0.2, 0) is 16.4 Å². The molecule has 0 bridgehead atoms. The highest BCUT2D eigenvalue weighted by molar-refractivity contribution is 7.92. The molecular weight excluding hydrogens is 408 g/mol. The largest absolute Gasteiger partial charge is 0.460 e. The molecule has 1 heterocycles. The summed E-state index contributed by atoms with van der Waals surface area (Å²) in [7, 11) is -4.06. The summed E-state index contributed by atoms with van der Waals surface area (Å²) in [5, 5.41) is 11.7. The quantitative estimate of drug-likeness (QED) is 0.479. The van der Waals surface area contributed by atoms with Gasteiger partial charge in [-0.05, 0) is 36.6 Å². The van der Waals surface area contributed by atoms with Gasteiger partial charge in [-0.3, -0.25) is 19.6 Å². The average molecular weight is 428 g/mol. The molecule has 2 aromatic carbocycles. The molecule has 0 unspecified atom stereocenters. The molecule has 0 atom stereocenters. The maximum absolute atomic E-state index is 12.8. The molecule has 0 radical (unpaired) electrons. The number of rotatable bonds is 4. The zero-order valence-corrected chi connectivity index (χ0v) is 17.5. The highest BCUT2D eigenvalue weighted by atomic mass is 32.2. The Bertz CT molecular complexity index is 1320. The summed E-state index contributed by atoms with van der Waals surface area (Å²) in [5.74, 6) is 0.578. The Morgan fingerprint density at radius 2 is 1.87 bits per heavy atom. The first-order valence-corrected chi connectivity index (χ1v) is 10.8. The van der Waals surface area contributed by atoms with E-state index in [1.54, 1.807) is 12.1 Å². The number of nitro groups is 1. The number of sulfonamides is 1. The predicted octanol–water partition coefficient (Wildman–Crippen LogP) is 4.61. The number of nitrogens with zero attached hydrogens (tertiary/aromatic N) is 1. The van der Waals surface area contributed by atoms with Crippen LogP contribution in [0.4, 0.5) is 11.4 Å². The van der Waals surface area contributed by atoms with Gasteiger partial charge in [0.1, 0.15) is 11.3 Å². The molecule has 0 fully saturated rings. The number of carbonyl (C=O) groups is 1. The predicted molar refractivity (Wildman–Crippen MR) is 111 cm³/mol. The third-order valence-corrected chi connectivity index (χ3v) is 6.64. The van der Waals surface area contributed by atoms with Crippen LogP contribution in [0.25, 0.3) is 11.0 Å². The van der Waals surface area contributed by atoms with Crippen molar-refractivity contribution in [1.82, 2.24) is 0 Å². The zero-order valence-electron chi connectivity index (χ0n) is 16.7. The number of nitro benzene ring substituents is 1. The Labute approximate surface area is 173 Å². The van der Waals surface area contributed by atoms with Gasteiger partial charge in [0.2, 0.25) is 0 Å². The van der Waals surface area contributed by atoms with Crippen LogP contribution < -0.4 is 4.72 Å². The summed E-state index contributed by atoms with van der Waals surface area (Å²) in [6, 6.07) is 8.45. The molecule has 1 N–H and O–H groups in total. The molecule has 3 aromatic rings. The molecule has 1 aliphatic rings. The van der Waals surface area contributed by atoms with E-state index in [1.807, 2.05) is 13.8 Å². The highest BCUT2D eigenvalue weighted by Crippen LogP contribution is 2.40. The highest BCUT2D eigenvalue weighted by Gasteiger charge is 2.35. The minimum atomic E-state index is -4.06. The van der Waals surface area contributed by atoms with E-state index in [-0.39, 0.29) is 27.5 Å². The molecule has 1 aliphatic carbocycles. The first-order valence-electron chi connectivity index (χ1n) is 9.33. The second-order valence-corrected chi connectivity index (χ2v) is 10.0. The fraction of sp³-hybridized carbons (Fsp3) is 0.286. The van der Waals surface area contributed by atoms with Gasteiger partial charge in [-0.25, -0.2) is 8.42 Å². The number of aryl methyl sites for hydroxylation is 1. The fourth-order valence-corrected chi connectivity index (χ4v) is 4.90. The summed E-state index contributed by atoms with van der Waals surface area (Å²) in [6.45, 7) is 5.54. The lowest BCUT2D eigenvalue weighted by molar-refractivity contribution is -0.385. The molecule has 0 spiro atoms. The van der Waals surface area contributed by atoms with Crippen molar-refractivity contribution in [2.24, 2.45) is 5.41 Å². The average Bonchev–Trinajstić information content (AvgIpc) is 2.97. The molecule has 0 aliphatic heterocycles. The molecular formula is C21H20N2O6S. The van der Waals surface area contributed by atoms with E-state index in [0.717, 1.165) is 6.07 Å². The molecule has 1 aromatic heterocycles. The number of benzene rings is 2. The van der Waals surface area contributed by atoms with Gasteiger partial charge in [0.25, 0.3) is 15.7 Å². The number of carbonyl (C=O) groups excluding carboxylic acids is 1. The van der Waals surface area contributed by atoms with Crippen molar-refractivity contribution >= 4 is 38.2 Å². The molecule has 4 rings (SSSR count). The number of nitrogens with one attached hydrogen (secondary N) is 1. The Kier molecular flexibility index (Phi) is 4.46. The lowest BCUT2D eigenvalue weighted by Crippen LogP contribution is -2.25. The van der Waals surface area contributed by atoms with E-state index in [9.17, 15) is 23.3 Å². The van der Waals surface area contributed by atoms with Gasteiger partial charge < -0.3 is 4.42 Å². The molecule has 8 nitrogen and oxygen atoms in total. The van der Waals surface area contributed by atoms with Crippen molar-refractivity contribution in [3.63, 3.8) is 0 Å². The van der Waals surface area contributed by atoms with Gasteiger partial charge in [0, 0.05) is 35.5 Å². The van der Waals surface area contributed by atoms with Crippen LogP contribution in [0.2, 0.25) is 0 Å². The molecule has 30 heavy (non-hydrogen) atoms. The van der Waals surface area contributed by atoms with E-state index < -0.39 is 14.9 Å². The van der Waals surface area contributed by atoms with E-state index >= 15 is 0 Å². The first kappa shape index (κ1) is 20.1. The maximum Gasteiger partial charge on any atom is 0.273 e. The number of hydrogen-bond acceptors (Lipinski definition) is 6. The first-order chi connectivity index (χ1) is 14.0. The minimum Gasteiger partial charge on any atom is -0.460 e. The third-order valence-electron chi connectivity index (χ3n) is 5.26. The number of furan rings is 1. The van der Waals surface area contributed by atoms with Crippen LogP contribution in [-0.4, -0.2) is 19.1 Å². The molecule has 156 valence electrons. The Morgan fingerprint density at radius 3 is 2.57 bits per heavy atom. The zero-order chi connectivity index (χ0) is 21.8. The third kappa shape index (κ3) is 3.45. The van der Waals surface area contributed by atoms with Crippen molar-refractivity contribution in [2.45, 2.75) is 38.5 Å². The Hall–Kier alpha value is -3.20. The fourth-order valence-electron chi connectivity index (χ4n) is 3.83. The smallest absolute Gasteiger partial charge is 0.273 e. The molecule has 0 amide bonds. The van der Waals surface area contributed by atoms with Crippen LogP contribution in [0.1, 0.15) is 41.9 Å². The second kappa shape index (κ2) is 6.66.